The molecule has 9 heteroatoms. The molecule has 36 heavy (non-hydrogen) atoms. The second-order valence-corrected chi connectivity index (χ2v) is 9.82. The standard InChI is InChI=1S/C27H23FN6O2/c1-14-5-3-7-17-24(16-6-4-8-20-23(16)26(28)32(2)30-20)31-34(25(14)17)15-9-10-21(29-11-15)33-12-18-19(13-33)22(18)27(35)36/h3-11,18-19,22H,12-13H2,1-2H3,(H,35,36)/t18-,19+,22?. The van der Waals surface area contributed by atoms with Crippen LogP contribution in [0.15, 0.2) is 54.7 Å². The molecule has 3 aromatic heterocycles. The molecular weight excluding hydrogens is 459 g/mol. The Bertz CT molecular complexity index is 1680. The molecule has 2 fully saturated rings. The fourth-order valence-electron chi connectivity index (χ4n) is 5.90. The number of hydrogen-bond donors (Lipinski definition) is 1. The third-order valence-electron chi connectivity index (χ3n) is 7.73. The van der Waals surface area contributed by atoms with E-state index < -0.39 is 11.9 Å². The highest BCUT2D eigenvalue weighted by atomic mass is 19.1. The topological polar surface area (TPSA) is 89.1 Å². The maximum absolute atomic E-state index is 15.0. The number of hydrogen-bond acceptors (Lipinski definition) is 5. The maximum Gasteiger partial charge on any atom is 0.307 e. The van der Waals surface area contributed by atoms with Gasteiger partial charge in [-0.15, -0.1) is 0 Å². The van der Waals surface area contributed by atoms with Crippen molar-refractivity contribution in [1.29, 1.82) is 0 Å². The van der Waals surface area contributed by atoms with Crippen LogP contribution >= 0.6 is 0 Å². The van der Waals surface area contributed by atoms with Gasteiger partial charge >= 0.3 is 5.97 Å². The number of aliphatic carboxylic acids is 1. The van der Waals surface area contributed by atoms with Gasteiger partial charge in [0.25, 0.3) is 0 Å². The summed E-state index contributed by atoms with van der Waals surface area (Å²) in [6, 6.07) is 15.5. The van der Waals surface area contributed by atoms with Crippen molar-refractivity contribution in [2.75, 3.05) is 18.0 Å². The number of anilines is 1. The van der Waals surface area contributed by atoms with Crippen molar-refractivity contribution in [3.05, 3.63) is 66.2 Å². The van der Waals surface area contributed by atoms with Crippen molar-refractivity contribution in [3.63, 3.8) is 0 Å². The van der Waals surface area contributed by atoms with E-state index in [4.69, 9.17) is 10.1 Å². The first-order valence-electron chi connectivity index (χ1n) is 12.0. The first-order valence-corrected chi connectivity index (χ1v) is 12.0. The van der Waals surface area contributed by atoms with E-state index in [2.05, 4.69) is 10.00 Å². The second kappa shape index (κ2) is 7.36. The van der Waals surface area contributed by atoms with Gasteiger partial charge in [0.05, 0.1) is 34.2 Å². The lowest BCUT2D eigenvalue weighted by Crippen LogP contribution is -2.26. The summed E-state index contributed by atoms with van der Waals surface area (Å²) in [5.74, 6) is -0.000810. The first-order chi connectivity index (χ1) is 17.4. The van der Waals surface area contributed by atoms with Crippen LogP contribution in [-0.2, 0) is 11.8 Å². The Morgan fingerprint density at radius 2 is 1.83 bits per heavy atom. The quantitative estimate of drug-likeness (QED) is 0.413. The van der Waals surface area contributed by atoms with Crippen LogP contribution in [0.4, 0.5) is 10.2 Å². The third-order valence-corrected chi connectivity index (χ3v) is 7.73. The normalized spacial score (nSPS) is 20.9. The Hall–Kier alpha value is -4.27. The molecule has 0 radical (unpaired) electrons. The smallest absolute Gasteiger partial charge is 0.307 e. The number of carbonyl (C=O) groups is 1. The highest BCUT2D eigenvalue weighted by Gasteiger charge is 2.60. The van der Waals surface area contributed by atoms with Crippen molar-refractivity contribution in [2.45, 2.75) is 6.92 Å². The molecule has 0 amide bonds. The third kappa shape index (κ3) is 2.92. The summed E-state index contributed by atoms with van der Waals surface area (Å²) in [7, 11) is 1.60. The van der Waals surface area contributed by atoms with E-state index in [-0.39, 0.29) is 17.8 Å². The molecule has 1 saturated carbocycles. The van der Waals surface area contributed by atoms with Crippen LogP contribution in [0.1, 0.15) is 5.56 Å². The molecule has 1 N–H and O–H groups in total. The fourth-order valence-corrected chi connectivity index (χ4v) is 5.90. The molecule has 1 saturated heterocycles. The highest BCUT2D eigenvalue weighted by molar-refractivity contribution is 6.03. The summed E-state index contributed by atoms with van der Waals surface area (Å²) in [6.07, 6.45) is 1.79. The molecule has 4 heterocycles. The van der Waals surface area contributed by atoms with Gasteiger partial charge < -0.3 is 10.0 Å². The number of aromatic nitrogens is 5. The Balaban J connectivity index is 1.30. The van der Waals surface area contributed by atoms with Crippen LogP contribution in [0.2, 0.25) is 0 Å². The minimum Gasteiger partial charge on any atom is -0.481 e. The number of nitrogens with zero attached hydrogens (tertiary/aromatic N) is 6. The van der Waals surface area contributed by atoms with E-state index in [9.17, 15) is 9.90 Å². The lowest BCUT2D eigenvalue weighted by molar-refractivity contribution is -0.139. The number of carboxylic acid groups (broad SMARTS) is 1. The summed E-state index contributed by atoms with van der Waals surface area (Å²) in [5.41, 5.74) is 4.76. The molecule has 2 aliphatic rings. The van der Waals surface area contributed by atoms with Crippen LogP contribution in [0, 0.1) is 30.6 Å². The van der Waals surface area contributed by atoms with Crippen LogP contribution in [0.3, 0.4) is 0 Å². The summed E-state index contributed by atoms with van der Waals surface area (Å²) in [4.78, 5) is 18.1. The molecule has 1 aliphatic heterocycles. The molecule has 5 aromatic rings. The number of rotatable bonds is 4. The number of piperidine rings is 1. The molecule has 2 aromatic carbocycles. The number of benzene rings is 2. The van der Waals surface area contributed by atoms with Crippen molar-refractivity contribution >= 4 is 33.6 Å². The Labute approximate surface area is 205 Å². The molecule has 7 rings (SSSR count). The van der Waals surface area contributed by atoms with E-state index in [0.717, 1.165) is 41.1 Å². The van der Waals surface area contributed by atoms with E-state index in [0.29, 0.717) is 22.2 Å². The number of aryl methyl sites for hydroxylation is 2. The minimum absolute atomic E-state index is 0.202. The second-order valence-electron chi connectivity index (χ2n) is 9.82. The van der Waals surface area contributed by atoms with Crippen LogP contribution in [0.25, 0.3) is 38.8 Å². The van der Waals surface area contributed by atoms with Crippen LogP contribution in [-0.4, -0.2) is 48.7 Å². The van der Waals surface area contributed by atoms with Gasteiger partial charge in [-0.25, -0.2) is 14.3 Å². The summed E-state index contributed by atoms with van der Waals surface area (Å²) in [5, 5.41) is 19.9. The highest BCUT2D eigenvalue weighted by Crippen LogP contribution is 2.52. The summed E-state index contributed by atoms with van der Waals surface area (Å²) in [6.45, 7) is 3.48. The molecule has 3 atom stereocenters. The number of carboxylic acids is 1. The number of para-hydroxylation sites is 1. The Kier molecular flexibility index (Phi) is 4.31. The maximum atomic E-state index is 15.0. The summed E-state index contributed by atoms with van der Waals surface area (Å²) >= 11 is 0. The largest absolute Gasteiger partial charge is 0.481 e. The van der Waals surface area contributed by atoms with Gasteiger partial charge in [-0.1, -0.05) is 30.3 Å². The first kappa shape index (κ1) is 21.0. The lowest BCUT2D eigenvalue weighted by atomic mass is 10.0. The zero-order chi connectivity index (χ0) is 24.7. The van der Waals surface area contributed by atoms with Crippen molar-refractivity contribution in [2.24, 2.45) is 24.8 Å². The molecule has 180 valence electrons. The average Bonchev–Trinajstić information content (AvgIpc) is 3.16. The van der Waals surface area contributed by atoms with E-state index in [1.165, 1.54) is 4.68 Å². The van der Waals surface area contributed by atoms with E-state index >= 15 is 4.39 Å². The zero-order valence-electron chi connectivity index (χ0n) is 19.8. The molecular formula is C27H23FN6O2. The van der Waals surface area contributed by atoms with E-state index in [1.54, 1.807) is 19.3 Å². The van der Waals surface area contributed by atoms with Gasteiger partial charge in [0.15, 0.2) is 0 Å². The van der Waals surface area contributed by atoms with Crippen LogP contribution in [0.5, 0.6) is 0 Å². The van der Waals surface area contributed by atoms with E-state index in [1.807, 2.05) is 54.1 Å². The van der Waals surface area contributed by atoms with Crippen LogP contribution < -0.4 is 4.90 Å². The predicted octanol–water partition coefficient (Wildman–Crippen LogP) is 4.19. The van der Waals surface area contributed by atoms with Gasteiger partial charge in [0.1, 0.15) is 11.5 Å². The van der Waals surface area contributed by atoms with Gasteiger partial charge in [-0.3, -0.25) is 4.79 Å². The van der Waals surface area contributed by atoms with Gasteiger partial charge in [-0.2, -0.15) is 14.6 Å². The molecule has 1 aliphatic carbocycles. The minimum atomic E-state index is -0.688. The molecule has 0 spiro atoms. The molecule has 1 unspecified atom stereocenters. The fraction of sp³-hybridized carbons (Fsp3) is 0.259. The lowest BCUT2D eigenvalue weighted by Gasteiger charge is -2.20. The monoisotopic (exact) mass is 482 g/mol. The van der Waals surface area contributed by atoms with Gasteiger partial charge in [-0.05, 0) is 42.5 Å². The number of fused-ring (bicyclic) bond motifs is 3. The average molecular weight is 483 g/mol. The summed E-state index contributed by atoms with van der Waals surface area (Å²) < 4.78 is 18.1. The van der Waals surface area contributed by atoms with Gasteiger partial charge in [0.2, 0.25) is 5.95 Å². The van der Waals surface area contributed by atoms with Crippen molar-refractivity contribution in [1.82, 2.24) is 24.5 Å². The predicted molar refractivity (Wildman–Crippen MR) is 134 cm³/mol. The van der Waals surface area contributed by atoms with Crippen molar-refractivity contribution < 1.29 is 14.3 Å². The Morgan fingerprint density at radius 3 is 2.56 bits per heavy atom. The number of pyridine rings is 1. The Morgan fingerprint density at radius 1 is 1.06 bits per heavy atom. The number of halogens is 1. The van der Waals surface area contributed by atoms with Crippen molar-refractivity contribution in [3.8, 4) is 16.9 Å². The zero-order valence-corrected chi connectivity index (χ0v) is 19.8. The van der Waals surface area contributed by atoms with Gasteiger partial charge in [0, 0.05) is 31.1 Å². The molecule has 0 bridgehead atoms. The SMILES string of the molecule is Cc1cccc2c(-c3cccc4nn(C)c(F)c34)nn(-c3ccc(N4C[C@@H]5C(C(=O)O)[C@@H]5C4)nc3)c12. The molecule has 8 nitrogen and oxygen atoms in total.